The van der Waals surface area contributed by atoms with Crippen molar-refractivity contribution < 1.29 is 36.2 Å². The summed E-state index contributed by atoms with van der Waals surface area (Å²) < 4.78 is 85.6. The highest BCUT2D eigenvalue weighted by atomic mass is 19.4. The molecule has 0 bridgehead atoms. The van der Waals surface area contributed by atoms with Crippen LogP contribution in [0, 0.1) is 11.3 Å². The summed E-state index contributed by atoms with van der Waals surface area (Å²) in [7, 11) is 0. The molecular formula is C25H30F6N4O2. The van der Waals surface area contributed by atoms with Crippen LogP contribution in [0.4, 0.5) is 26.3 Å². The quantitative estimate of drug-likeness (QED) is 0.497. The van der Waals surface area contributed by atoms with E-state index in [4.69, 9.17) is 0 Å². The van der Waals surface area contributed by atoms with Crippen LogP contribution in [-0.4, -0.2) is 63.3 Å². The van der Waals surface area contributed by atoms with E-state index in [1.807, 2.05) is 13.8 Å². The molecule has 12 heteroatoms. The number of hydrogen-bond acceptors (Lipinski definition) is 4. The zero-order valence-corrected chi connectivity index (χ0v) is 20.5. The number of aliphatic carboxylic acids is 1. The zero-order valence-electron chi connectivity index (χ0n) is 20.5. The largest absolute Gasteiger partial charge is 0.480 e. The Labute approximate surface area is 210 Å². The summed E-state index contributed by atoms with van der Waals surface area (Å²) in [5.74, 6) is -5.08. The molecule has 2 aliphatic heterocycles. The highest BCUT2D eigenvalue weighted by Gasteiger charge is 2.67. The smallest absolute Gasteiger partial charge is 0.402 e. The zero-order chi connectivity index (χ0) is 27.2. The standard InChI is InChI=1S/C25H30F6N4O2/c1-15(2)35-14-17(19(33-35)16-6-4-3-5-7-16)13-34-18(20(24(26,27)28)25(29,30)31)12-23(21(34)22(36)37)8-10-32-11-9-23/h3-7,14-15,18,20-21,32H,8-13H2,1-2H3,(H,36,37). The van der Waals surface area contributed by atoms with Gasteiger partial charge in [-0.25, -0.2) is 0 Å². The molecule has 2 atom stereocenters. The molecule has 4 rings (SSSR count). The van der Waals surface area contributed by atoms with Gasteiger partial charge < -0.3 is 10.4 Å². The molecule has 0 aliphatic carbocycles. The minimum atomic E-state index is -5.59. The maximum absolute atomic E-state index is 14.0. The fourth-order valence-corrected chi connectivity index (χ4v) is 5.98. The topological polar surface area (TPSA) is 70.4 Å². The molecular weight excluding hydrogens is 502 g/mol. The van der Waals surface area contributed by atoms with Crippen molar-refractivity contribution >= 4 is 5.97 Å². The summed E-state index contributed by atoms with van der Waals surface area (Å²) in [6, 6.07) is 5.05. The molecule has 3 heterocycles. The molecule has 0 saturated carbocycles. The first kappa shape index (κ1) is 27.4. The van der Waals surface area contributed by atoms with E-state index in [1.165, 1.54) is 0 Å². The summed E-state index contributed by atoms with van der Waals surface area (Å²) in [6.07, 6.45) is -9.74. The third kappa shape index (κ3) is 5.36. The van der Waals surface area contributed by atoms with Crippen molar-refractivity contribution in [2.24, 2.45) is 11.3 Å². The molecule has 2 aromatic rings. The average Bonchev–Trinajstić information content (AvgIpc) is 3.33. The second-order valence-electron chi connectivity index (χ2n) is 10.3. The molecule has 2 unspecified atom stereocenters. The van der Waals surface area contributed by atoms with Crippen LogP contribution in [0.15, 0.2) is 36.5 Å². The minimum Gasteiger partial charge on any atom is -0.480 e. The second-order valence-corrected chi connectivity index (χ2v) is 10.3. The van der Waals surface area contributed by atoms with Gasteiger partial charge in [-0.3, -0.25) is 14.4 Å². The monoisotopic (exact) mass is 532 g/mol. The Bertz CT molecular complexity index is 1080. The third-order valence-electron chi connectivity index (χ3n) is 7.61. The number of rotatable bonds is 6. The van der Waals surface area contributed by atoms with Gasteiger partial charge in [-0.15, -0.1) is 0 Å². The molecule has 204 valence electrons. The van der Waals surface area contributed by atoms with Crippen LogP contribution in [0.3, 0.4) is 0 Å². The molecule has 2 fully saturated rings. The van der Waals surface area contributed by atoms with Gasteiger partial charge in [-0.05, 0) is 46.2 Å². The van der Waals surface area contributed by atoms with Gasteiger partial charge in [-0.2, -0.15) is 31.4 Å². The number of carbonyl (C=O) groups is 1. The van der Waals surface area contributed by atoms with Crippen molar-refractivity contribution in [1.29, 1.82) is 0 Å². The Kier molecular flexibility index (Phi) is 7.37. The molecule has 1 aromatic heterocycles. The number of likely N-dealkylation sites (tertiary alicyclic amines) is 1. The molecule has 2 aliphatic rings. The third-order valence-corrected chi connectivity index (χ3v) is 7.61. The van der Waals surface area contributed by atoms with Gasteiger partial charge in [0.2, 0.25) is 0 Å². The van der Waals surface area contributed by atoms with Crippen molar-refractivity contribution in [3.8, 4) is 11.3 Å². The van der Waals surface area contributed by atoms with E-state index in [-0.39, 0.29) is 18.9 Å². The van der Waals surface area contributed by atoms with E-state index in [0.29, 0.717) is 29.9 Å². The Morgan fingerprint density at radius 1 is 1.11 bits per heavy atom. The molecule has 1 spiro atoms. The first-order chi connectivity index (χ1) is 17.2. The highest BCUT2D eigenvalue weighted by Crippen LogP contribution is 2.55. The van der Waals surface area contributed by atoms with Crippen LogP contribution in [-0.2, 0) is 11.3 Å². The molecule has 37 heavy (non-hydrogen) atoms. The van der Waals surface area contributed by atoms with Crippen LogP contribution >= 0.6 is 0 Å². The lowest BCUT2D eigenvalue weighted by atomic mass is 9.71. The summed E-state index contributed by atoms with van der Waals surface area (Å²) in [5, 5.41) is 17.8. The van der Waals surface area contributed by atoms with Crippen LogP contribution < -0.4 is 5.32 Å². The highest BCUT2D eigenvalue weighted by molar-refractivity contribution is 5.75. The Morgan fingerprint density at radius 2 is 1.70 bits per heavy atom. The first-order valence-electron chi connectivity index (χ1n) is 12.2. The van der Waals surface area contributed by atoms with Crippen LogP contribution in [0.1, 0.15) is 44.7 Å². The number of nitrogens with one attached hydrogen (secondary N) is 1. The molecule has 2 N–H and O–H groups in total. The van der Waals surface area contributed by atoms with Gasteiger partial charge in [-0.1, -0.05) is 30.3 Å². The summed E-state index contributed by atoms with van der Waals surface area (Å²) in [4.78, 5) is 13.5. The van der Waals surface area contributed by atoms with Gasteiger partial charge in [0, 0.05) is 41.4 Å². The van der Waals surface area contributed by atoms with E-state index in [1.54, 1.807) is 41.2 Å². The van der Waals surface area contributed by atoms with Crippen LogP contribution in [0.25, 0.3) is 11.3 Å². The predicted molar refractivity (Wildman–Crippen MR) is 124 cm³/mol. The van der Waals surface area contributed by atoms with Gasteiger partial charge >= 0.3 is 18.3 Å². The lowest BCUT2D eigenvalue weighted by Gasteiger charge is -2.39. The maximum atomic E-state index is 14.0. The summed E-state index contributed by atoms with van der Waals surface area (Å²) >= 11 is 0. The fraction of sp³-hybridized carbons (Fsp3) is 0.600. The molecule has 0 amide bonds. The van der Waals surface area contributed by atoms with E-state index in [9.17, 15) is 36.2 Å². The van der Waals surface area contributed by atoms with Crippen molar-refractivity contribution in [2.45, 2.75) is 70.1 Å². The predicted octanol–water partition coefficient (Wildman–Crippen LogP) is 5.27. The van der Waals surface area contributed by atoms with Crippen molar-refractivity contribution in [3.05, 3.63) is 42.1 Å². The van der Waals surface area contributed by atoms with Crippen LogP contribution in [0.5, 0.6) is 0 Å². The lowest BCUT2D eigenvalue weighted by molar-refractivity contribution is -0.298. The van der Waals surface area contributed by atoms with Gasteiger partial charge in [0.05, 0.1) is 5.69 Å². The van der Waals surface area contributed by atoms with Crippen molar-refractivity contribution in [3.63, 3.8) is 0 Å². The number of carboxylic acids is 1. The Hall–Kier alpha value is -2.60. The van der Waals surface area contributed by atoms with Gasteiger partial charge in [0.1, 0.15) is 6.04 Å². The number of benzene rings is 1. The second kappa shape index (κ2) is 9.94. The van der Waals surface area contributed by atoms with E-state index in [2.05, 4.69) is 10.4 Å². The Balaban J connectivity index is 1.86. The molecule has 6 nitrogen and oxygen atoms in total. The van der Waals surface area contributed by atoms with Crippen molar-refractivity contribution in [1.82, 2.24) is 20.0 Å². The lowest BCUT2D eigenvalue weighted by Crippen LogP contribution is -2.54. The summed E-state index contributed by atoms with van der Waals surface area (Å²) in [5.41, 5.74) is 0.209. The van der Waals surface area contributed by atoms with Crippen molar-refractivity contribution in [2.75, 3.05) is 13.1 Å². The normalized spacial score (nSPS) is 22.9. The number of alkyl halides is 6. The molecule has 1 aromatic carbocycles. The molecule has 2 saturated heterocycles. The number of piperidine rings is 1. The number of hydrogen-bond donors (Lipinski definition) is 2. The van der Waals surface area contributed by atoms with Crippen LogP contribution in [0.2, 0.25) is 0 Å². The first-order valence-corrected chi connectivity index (χ1v) is 12.2. The SMILES string of the molecule is CC(C)n1cc(CN2C(C(C(F)(F)F)C(F)(F)F)CC3(CCNCC3)C2C(=O)O)c(-c2ccccc2)n1. The van der Waals surface area contributed by atoms with Gasteiger partial charge in [0.25, 0.3) is 0 Å². The average molecular weight is 533 g/mol. The number of nitrogens with zero attached hydrogens (tertiary/aromatic N) is 3. The summed E-state index contributed by atoms with van der Waals surface area (Å²) in [6.45, 7) is 3.94. The molecule has 0 radical (unpaired) electrons. The van der Waals surface area contributed by atoms with E-state index in [0.717, 1.165) is 4.90 Å². The fourth-order valence-electron chi connectivity index (χ4n) is 5.98. The number of halogens is 6. The van der Waals surface area contributed by atoms with E-state index < -0.39 is 54.7 Å². The van der Waals surface area contributed by atoms with E-state index >= 15 is 0 Å². The number of carboxylic acid groups (broad SMARTS) is 1. The number of aromatic nitrogens is 2. The Morgan fingerprint density at radius 3 is 2.22 bits per heavy atom. The minimum absolute atomic E-state index is 0.130. The van der Waals surface area contributed by atoms with Gasteiger partial charge in [0.15, 0.2) is 5.92 Å². The maximum Gasteiger partial charge on any atom is 0.402 e.